The van der Waals surface area contributed by atoms with Gasteiger partial charge in [0.1, 0.15) is 0 Å². The molecule has 1 amide bonds. The van der Waals surface area contributed by atoms with Crippen LogP contribution in [0, 0.1) is 0 Å². The summed E-state index contributed by atoms with van der Waals surface area (Å²) in [7, 11) is 3.88. The van der Waals surface area contributed by atoms with Gasteiger partial charge in [0, 0.05) is 0 Å². The standard InChI is InChI=1S/C21H21N3OS/c1-23(2)16-24-20(25)19(15-9-12-17-10-5-3-6-11-17)26-21(24)22-18-13-7-4-8-14-18/h3-15H,16H2,1-2H3/b12-9+,19-15+,22-21?. The lowest BCUT2D eigenvalue weighted by atomic mass is 10.2. The molecular formula is C21H21N3OS. The van der Waals surface area contributed by atoms with E-state index in [1.807, 2.05) is 97.9 Å². The number of aliphatic imine (C=N–C) groups is 1. The van der Waals surface area contributed by atoms with Gasteiger partial charge in [0.2, 0.25) is 0 Å². The smallest absolute Gasteiger partial charge is 0.267 e. The molecule has 3 rings (SSSR count). The Morgan fingerprint density at radius 3 is 2.35 bits per heavy atom. The van der Waals surface area contributed by atoms with Gasteiger partial charge in [0.05, 0.1) is 17.3 Å². The predicted octanol–water partition coefficient (Wildman–Crippen LogP) is 4.37. The molecule has 0 N–H and O–H groups in total. The van der Waals surface area contributed by atoms with E-state index in [9.17, 15) is 4.79 Å². The summed E-state index contributed by atoms with van der Waals surface area (Å²) in [4.78, 5) is 21.8. The SMILES string of the molecule is CN(C)CN1C(=O)/C(=C\C=C\c2ccccc2)SC1=Nc1ccccc1. The third kappa shape index (κ3) is 4.71. The van der Waals surface area contributed by atoms with Gasteiger partial charge in [-0.15, -0.1) is 0 Å². The number of amidine groups is 1. The zero-order valence-corrected chi connectivity index (χ0v) is 15.7. The summed E-state index contributed by atoms with van der Waals surface area (Å²) in [5.41, 5.74) is 1.94. The van der Waals surface area contributed by atoms with Crippen LogP contribution < -0.4 is 0 Å². The molecule has 1 aliphatic rings. The second-order valence-electron chi connectivity index (χ2n) is 6.09. The fourth-order valence-electron chi connectivity index (χ4n) is 2.44. The van der Waals surface area contributed by atoms with E-state index in [0.29, 0.717) is 16.7 Å². The number of thioether (sulfide) groups is 1. The molecule has 0 aromatic heterocycles. The fraction of sp³-hybridized carbons (Fsp3) is 0.143. The van der Waals surface area contributed by atoms with Gasteiger partial charge in [0.15, 0.2) is 5.17 Å². The summed E-state index contributed by atoms with van der Waals surface area (Å²) in [5.74, 6) is -0.0175. The van der Waals surface area contributed by atoms with Crippen LogP contribution in [0.4, 0.5) is 5.69 Å². The highest BCUT2D eigenvalue weighted by molar-refractivity contribution is 8.18. The minimum Gasteiger partial charge on any atom is -0.292 e. The molecule has 4 nitrogen and oxygen atoms in total. The number of hydrogen-bond acceptors (Lipinski definition) is 4. The van der Waals surface area contributed by atoms with E-state index >= 15 is 0 Å². The molecule has 2 aromatic carbocycles. The molecule has 1 saturated heterocycles. The van der Waals surface area contributed by atoms with E-state index in [0.717, 1.165) is 11.3 Å². The Bertz CT molecular complexity index is 842. The van der Waals surface area contributed by atoms with Crippen LogP contribution in [0.15, 0.2) is 82.7 Å². The summed E-state index contributed by atoms with van der Waals surface area (Å²) in [6, 6.07) is 19.7. The molecule has 0 saturated carbocycles. The fourth-order valence-corrected chi connectivity index (χ4v) is 3.38. The van der Waals surface area contributed by atoms with Gasteiger partial charge in [-0.05, 0) is 49.6 Å². The Kier molecular flexibility index (Phi) is 6.04. The highest BCUT2D eigenvalue weighted by atomic mass is 32.2. The minimum absolute atomic E-state index is 0.0175. The second kappa shape index (κ2) is 8.65. The van der Waals surface area contributed by atoms with Crippen LogP contribution in [-0.2, 0) is 4.79 Å². The maximum atomic E-state index is 12.8. The first-order valence-electron chi connectivity index (χ1n) is 8.35. The Balaban J connectivity index is 1.84. The Hall–Kier alpha value is -2.63. The van der Waals surface area contributed by atoms with E-state index in [1.165, 1.54) is 11.8 Å². The van der Waals surface area contributed by atoms with Gasteiger partial charge in [-0.3, -0.25) is 14.6 Å². The molecule has 0 spiro atoms. The first-order chi connectivity index (χ1) is 12.6. The number of carbonyl (C=O) groups excluding carboxylic acids is 1. The molecular weight excluding hydrogens is 342 g/mol. The van der Waals surface area contributed by atoms with Crippen LogP contribution in [0.2, 0.25) is 0 Å². The summed E-state index contributed by atoms with van der Waals surface area (Å²) in [6.07, 6.45) is 5.76. The monoisotopic (exact) mass is 363 g/mol. The van der Waals surface area contributed by atoms with Crippen molar-refractivity contribution >= 4 is 34.6 Å². The zero-order chi connectivity index (χ0) is 18.4. The van der Waals surface area contributed by atoms with Crippen molar-refractivity contribution < 1.29 is 4.79 Å². The topological polar surface area (TPSA) is 35.9 Å². The number of rotatable bonds is 5. The molecule has 132 valence electrons. The lowest BCUT2D eigenvalue weighted by Gasteiger charge is -2.20. The number of nitrogens with zero attached hydrogens (tertiary/aromatic N) is 3. The number of amides is 1. The van der Waals surface area contributed by atoms with E-state index < -0.39 is 0 Å². The van der Waals surface area contributed by atoms with Crippen LogP contribution in [0.5, 0.6) is 0 Å². The van der Waals surface area contributed by atoms with Crippen LogP contribution >= 0.6 is 11.8 Å². The summed E-state index contributed by atoms with van der Waals surface area (Å²) in [5, 5.41) is 0.703. The van der Waals surface area contributed by atoms with Crippen molar-refractivity contribution in [1.29, 1.82) is 0 Å². The molecule has 2 aromatic rings. The van der Waals surface area contributed by atoms with E-state index in [1.54, 1.807) is 4.90 Å². The van der Waals surface area contributed by atoms with Crippen molar-refractivity contribution in [1.82, 2.24) is 9.80 Å². The number of allylic oxidation sites excluding steroid dienone is 2. The molecule has 0 radical (unpaired) electrons. The molecule has 26 heavy (non-hydrogen) atoms. The zero-order valence-electron chi connectivity index (χ0n) is 14.9. The third-order valence-corrected chi connectivity index (χ3v) is 4.65. The number of benzene rings is 2. The summed E-state index contributed by atoms with van der Waals surface area (Å²) >= 11 is 1.41. The maximum Gasteiger partial charge on any atom is 0.267 e. The van der Waals surface area contributed by atoms with Gasteiger partial charge >= 0.3 is 0 Å². The maximum absolute atomic E-state index is 12.8. The number of hydrogen-bond donors (Lipinski definition) is 0. The van der Waals surface area contributed by atoms with E-state index in [2.05, 4.69) is 4.99 Å². The average Bonchev–Trinajstić information content (AvgIpc) is 2.92. The van der Waals surface area contributed by atoms with Crippen LogP contribution in [-0.4, -0.2) is 41.6 Å². The molecule has 1 aliphatic heterocycles. The van der Waals surface area contributed by atoms with Crippen molar-refractivity contribution in [2.45, 2.75) is 0 Å². The van der Waals surface area contributed by atoms with Gasteiger partial charge in [0.25, 0.3) is 5.91 Å². The first kappa shape index (κ1) is 18.2. The number of para-hydroxylation sites is 1. The van der Waals surface area contributed by atoms with Crippen molar-refractivity contribution in [3.63, 3.8) is 0 Å². The minimum atomic E-state index is -0.0175. The van der Waals surface area contributed by atoms with Crippen LogP contribution in [0.25, 0.3) is 6.08 Å². The molecule has 0 atom stereocenters. The first-order valence-corrected chi connectivity index (χ1v) is 9.17. The Morgan fingerprint density at radius 1 is 1.04 bits per heavy atom. The van der Waals surface area contributed by atoms with Crippen molar-refractivity contribution in [2.24, 2.45) is 4.99 Å². The Labute approximate surface area is 158 Å². The van der Waals surface area contributed by atoms with Crippen molar-refractivity contribution in [3.05, 3.63) is 83.3 Å². The quantitative estimate of drug-likeness (QED) is 0.740. The number of carbonyl (C=O) groups is 1. The highest BCUT2D eigenvalue weighted by Gasteiger charge is 2.33. The molecule has 0 unspecified atom stereocenters. The lowest BCUT2D eigenvalue weighted by Crippen LogP contribution is -2.37. The van der Waals surface area contributed by atoms with E-state index in [4.69, 9.17) is 0 Å². The van der Waals surface area contributed by atoms with Gasteiger partial charge in [-0.1, -0.05) is 60.7 Å². The molecule has 5 heteroatoms. The largest absolute Gasteiger partial charge is 0.292 e. The van der Waals surface area contributed by atoms with Gasteiger partial charge in [-0.25, -0.2) is 4.99 Å². The van der Waals surface area contributed by atoms with Crippen LogP contribution in [0.3, 0.4) is 0 Å². The predicted molar refractivity (Wildman–Crippen MR) is 110 cm³/mol. The van der Waals surface area contributed by atoms with Gasteiger partial charge < -0.3 is 0 Å². The molecule has 1 heterocycles. The lowest BCUT2D eigenvalue weighted by molar-refractivity contribution is -0.123. The summed E-state index contributed by atoms with van der Waals surface area (Å²) < 4.78 is 0. The van der Waals surface area contributed by atoms with Crippen LogP contribution in [0.1, 0.15) is 5.56 Å². The summed E-state index contributed by atoms with van der Waals surface area (Å²) in [6.45, 7) is 0.497. The Morgan fingerprint density at radius 2 is 1.69 bits per heavy atom. The van der Waals surface area contributed by atoms with Crippen molar-refractivity contribution in [2.75, 3.05) is 20.8 Å². The molecule has 0 aliphatic carbocycles. The van der Waals surface area contributed by atoms with Crippen molar-refractivity contribution in [3.8, 4) is 0 Å². The van der Waals surface area contributed by atoms with Gasteiger partial charge in [-0.2, -0.15) is 0 Å². The highest BCUT2D eigenvalue weighted by Crippen LogP contribution is 2.32. The normalized spacial score (nSPS) is 18.0. The van der Waals surface area contributed by atoms with E-state index in [-0.39, 0.29) is 5.91 Å². The second-order valence-corrected chi connectivity index (χ2v) is 7.10. The third-order valence-electron chi connectivity index (χ3n) is 3.63. The molecule has 1 fully saturated rings. The molecule has 0 bridgehead atoms. The average molecular weight is 363 g/mol.